The van der Waals surface area contributed by atoms with Gasteiger partial charge in [-0.3, -0.25) is 4.79 Å². The minimum atomic E-state index is -1.08. The van der Waals surface area contributed by atoms with Gasteiger partial charge in [0.2, 0.25) is 5.91 Å². The molecule has 4 rings (SSSR count). The predicted octanol–water partition coefficient (Wildman–Crippen LogP) is 1.18. The molecule has 9 nitrogen and oxygen atoms in total. The van der Waals surface area contributed by atoms with Gasteiger partial charge in [-0.2, -0.15) is 5.26 Å². The zero-order valence-corrected chi connectivity index (χ0v) is 18.9. The summed E-state index contributed by atoms with van der Waals surface area (Å²) >= 11 is 1.55. The Morgan fingerprint density at radius 3 is 2.87 bits per heavy atom. The minimum absolute atomic E-state index is 0. The van der Waals surface area contributed by atoms with Crippen molar-refractivity contribution in [1.29, 1.82) is 5.26 Å². The van der Waals surface area contributed by atoms with Gasteiger partial charge in [-0.1, -0.05) is 6.92 Å². The number of carboxylic acid groups (broad SMARTS) is 1. The van der Waals surface area contributed by atoms with Gasteiger partial charge in [-0.05, 0) is 19.8 Å². The average Bonchev–Trinajstić information content (AvgIpc) is 3.39. The third-order valence-corrected chi connectivity index (χ3v) is 7.78. The number of aliphatic hydroxyl groups excluding tert-OH is 1. The second kappa shape index (κ2) is 9.20. The fourth-order valence-corrected chi connectivity index (χ4v) is 6.31. The van der Waals surface area contributed by atoms with Crippen LogP contribution in [-0.4, -0.2) is 66.5 Å². The number of hydrogen-bond donors (Lipinski definition) is 3. The number of nitrogens with one attached hydrogen (secondary N) is 1. The highest BCUT2D eigenvalue weighted by molar-refractivity contribution is 8.03. The molecule has 3 N–H and O–H groups in total. The summed E-state index contributed by atoms with van der Waals surface area (Å²) in [5.74, 6) is -2.02. The van der Waals surface area contributed by atoms with E-state index in [4.69, 9.17) is 5.26 Å². The van der Waals surface area contributed by atoms with Crippen molar-refractivity contribution in [2.45, 2.75) is 56.7 Å². The van der Waals surface area contributed by atoms with E-state index in [0.29, 0.717) is 11.7 Å². The summed E-state index contributed by atoms with van der Waals surface area (Å²) in [4.78, 5) is 30.5. The van der Waals surface area contributed by atoms with Crippen molar-refractivity contribution in [2.24, 2.45) is 11.8 Å². The van der Waals surface area contributed by atoms with E-state index in [9.17, 15) is 19.8 Å². The smallest absolute Gasteiger partial charge is 0.353 e. The zero-order chi connectivity index (χ0) is 21.6. The number of carbonyl (C=O) groups is 2. The molecule has 3 aliphatic rings. The number of aliphatic hydroxyl groups is 1. The number of amides is 1. The van der Waals surface area contributed by atoms with Crippen LogP contribution in [0.5, 0.6) is 0 Å². The molecule has 0 saturated carbocycles. The first-order valence-corrected chi connectivity index (χ1v) is 11.0. The van der Waals surface area contributed by atoms with Gasteiger partial charge in [0.25, 0.3) is 0 Å². The number of carboxylic acids is 1. The van der Waals surface area contributed by atoms with Crippen LogP contribution in [0.15, 0.2) is 23.1 Å². The molecule has 11 heteroatoms. The van der Waals surface area contributed by atoms with E-state index >= 15 is 0 Å². The summed E-state index contributed by atoms with van der Waals surface area (Å²) in [6, 6.07) is 2.04. The van der Waals surface area contributed by atoms with Crippen LogP contribution in [-0.2, 0) is 16.1 Å². The molecule has 1 aromatic rings. The SMILES string of the molecule is C[C@@H](O)[C@H]1C(=O)N2C(C(=O)O)=C(S[C@@H]3CN[C@H](CCn4cnc(C#N)c4)C3)[C@H](C)[C@H]12.Cl. The molecule has 0 aromatic carbocycles. The average molecular weight is 468 g/mol. The lowest BCUT2D eigenvalue weighted by molar-refractivity contribution is -0.163. The topological polar surface area (TPSA) is 131 Å². The standard InChI is InChI=1S/C20H25N5O4S.ClH/c1-10-16-15(11(2)26)19(27)25(16)17(20(28)29)18(10)30-14-5-12(22-7-14)3-4-24-8-13(6-21)23-9-24;/h8-12,14-16,22,26H,3-5,7H2,1-2H3,(H,28,29);1H/t10-,11-,12-,14+,15-,16-;/m1./s1. The lowest BCUT2D eigenvalue weighted by Gasteiger charge is -2.46. The van der Waals surface area contributed by atoms with Crippen LogP contribution in [0.2, 0.25) is 0 Å². The number of rotatable bonds is 7. The van der Waals surface area contributed by atoms with Gasteiger partial charge in [-0.15, -0.1) is 24.2 Å². The number of fused-ring (bicyclic) bond motifs is 1. The first kappa shape index (κ1) is 23.6. The molecule has 2 saturated heterocycles. The summed E-state index contributed by atoms with van der Waals surface area (Å²) in [7, 11) is 0. The zero-order valence-electron chi connectivity index (χ0n) is 17.3. The van der Waals surface area contributed by atoms with Crippen LogP contribution in [0.1, 0.15) is 32.4 Å². The molecule has 1 amide bonds. The van der Waals surface area contributed by atoms with E-state index in [2.05, 4.69) is 10.3 Å². The second-order valence-corrected chi connectivity index (χ2v) is 9.59. The number of hydrogen-bond acceptors (Lipinski definition) is 7. The minimum Gasteiger partial charge on any atom is -0.477 e. The molecule has 0 aliphatic carbocycles. The number of carbonyl (C=O) groups excluding carboxylic acids is 1. The predicted molar refractivity (Wildman–Crippen MR) is 116 cm³/mol. The summed E-state index contributed by atoms with van der Waals surface area (Å²) < 4.78 is 1.90. The molecule has 0 unspecified atom stereocenters. The van der Waals surface area contributed by atoms with E-state index < -0.39 is 18.0 Å². The van der Waals surface area contributed by atoms with Gasteiger partial charge in [-0.25, -0.2) is 9.78 Å². The van der Waals surface area contributed by atoms with E-state index in [1.165, 1.54) is 4.90 Å². The van der Waals surface area contributed by atoms with Gasteiger partial charge in [0.05, 0.1) is 24.4 Å². The third kappa shape index (κ3) is 4.20. The second-order valence-electron chi connectivity index (χ2n) is 8.25. The Morgan fingerprint density at radius 2 is 2.26 bits per heavy atom. The van der Waals surface area contributed by atoms with Crippen LogP contribution in [0.3, 0.4) is 0 Å². The van der Waals surface area contributed by atoms with Crippen molar-refractivity contribution in [3.63, 3.8) is 0 Å². The van der Waals surface area contributed by atoms with Gasteiger partial charge in [0, 0.05) is 41.4 Å². The molecule has 2 fully saturated rings. The van der Waals surface area contributed by atoms with E-state index in [1.54, 1.807) is 31.2 Å². The molecule has 31 heavy (non-hydrogen) atoms. The number of thioether (sulfide) groups is 1. The molecular formula is C20H26ClN5O4S. The maximum atomic E-state index is 12.4. The molecule has 0 spiro atoms. The number of nitrogens with zero attached hydrogens (tertiary/aromatic N) is 4. The number of aromatic nitrogens is 2. The van der Waals surface area contributed by atoms with Crippen LogP contribution < -0.4 is 5.32 Å². The van der Waals surface area contributed by atoms with Crippen LogP contribution in [0.4, 0.5) is 0 Å². The van der Waals surface area contributed by atoms with Gasteiger partial charge in [0.15, 0.2) is 5.69 Å². The van der Waals surface area contributed by atoms with Crippen molar-refractivity contribution < 1.29 is 19.8 Å². The largest absolute Gasteiger partial charge is 0.477 e. The van der Waals surface area contributed by atoms with Crippen molar-refractivity contribution in [1.82, 2.24) is 19.8 Å². The van der Waals surface area contributed by atoms with Gasteiger partial charge in [0.1, 0.15) is 11.8 Å². The maximum absolute atomic E-state index is 12.4. The Kier molecular flexibility index (Phi) is 7.01. The Hall–Kier alpha value is -2.06. The van der Waals surface area contributed by atoms with Crippen molar-refractivity contribution in [3.05, 3.63) is 28.8 Å². The normalized spacial score (nSPS) is 30.5. The number of imidazole rings is 1. The number of aryl methyl sites for hydroxylation is 1. The van der Waals surface area contributed by atoms with E-state index in [1.807, 2.05) is 17.6 Å². The molecule has 0 bridgehead atoms. The fourth-order valence-electron chi connectivity index (χ4n) is 4.80. The Bertz CT molecular complexity index is 942. The summed E-state index contributed by atoms with van der Waals surface area (Å²) in [6.45, 7) is 5.06. The summed E-state index contributed by atoms with van der Waals surface area (Å²) in [5, 5.41) is 32.3. The lowest BCUT2D eigenvalue weighted by Crippen LogP contribution is -2.63. The number of nitriles is 1. The molecule has 1 aromatic heterocycles. The lowest BCUT2D eigenvalue weighted by atomic mass is 9.79. The van der Waals surface area contributed by atoms with Crippen molar-refractivity contribution >= 4 is 36.0 Å². The summed E-state index contributed by atoms with van der Waals surface area (Å²) in [5.41, 5.74) is 0.492. The first-order chi connectivity index (χ1) is 14.3. The molecule has 168 valence electrons. The molecule has 4 heterocycles. The Balaban J connectivity index is 0.00000272. The highest BCUT2D eigenvalue weighted by atomic mass is 35.5. The van der Waals surface area contributed by atoms with E-state index in [0.717, 1.165) is 30.8 Å². The van der Waals surface area contributed by atoms with E-state index in [-0.39, 0.29) is 41.2 Å². The number of aliphatic carboxylic acids is 1. The summed E-state index contributed by atoms with van der Waals surface area (Å²) in [6.07, 6.45) is 4.37. The first-order valence-electron chi connectivity index (χ1n) is 10.1. The number of halogens is 1. The molecular weight excluding hydrogens is 442 g/mol. The Morgan fingerprint density at radius 1 is 1.52 bits per heavy atom. The monoisotopic (exact) mass is 467 g/mol. The highest BCUT2D eigenvalue weighted by Crippen LogP contribution is 2.51. The van der Waals surface area contributed by atoms with Gasteiger partial charge >= 0.3 is 5.97 Å². The Labute approximate surface area is 190 Å². The van der Waals surface area contributed by atoms with Crippen molar-refractivity contribution in [2.75, 3.05) is 6.54 Å². The molecule has 3 aliphatic heterocycles. The highest BCUT2D eigenvalue weighted by Gasteiger charge is 2.60. The van der Waals surface area contributed by atoms with Crippen LogP contribution in [0.25, 0.3) is 0 Å². The number of β-lactam (4-membered cyclic amide) rings is 1. The quantitative estimate of drug-likeness (QED) is 0.509. The maximum Gasteiger partial charge on any atom is 0.353 e. The van der Waals surface area contributed by atoms with Crippen LogP contribution >= 0.6 is 24.2 Å². The van der Waals surface area contributed by atoms with Crippen molar-refractivity contribution in [3.8, 4) is 6.07 Å². The molecule has 6 atom stereocenters. The molecule has 0 radical (unpaired) electrons. The van der Waals surface area contributed by atoms with Crippen LogP contribution in [0, 0.1) is 23.2 Å². The fraction of sp³-hybridized carbons (Fsp3) is 0.600. The van der Waals surface area contributed by atoms with Gasteiger partial charge < -0.3 is 25.0 Å². The third-order valence-electron chi connectivity index (χ3n) is 6.27.